The van der Waals surface area contributed by atoms with Crippen LogP contribution in [0.2, 0.25) is 0 Å². The van der Waals surface area contributed by atoms with Crippen LogP contribution in [0, 0.1) is 0 Å². The molecule has 0 bridgehead atoms. The van der Waals surface area contributed by atoms with Crippen molar-refractivity contribution in [1.29, 1.82) is 0 Å². The van der Waals surface area contributed by atoms with Gasteiger partial charge in [-0.1, -0.05) is 164 Å². The maximum Gasteiger partial charge on any atom is 0.143 e. The molecular formula is C50H35NO. The lowest BCUT2D eigenvalue weighted by molar-refractivity contribution is 0.673. The standard InChI is InChI=1S/C50H35NO/c1-3-15-34(16-4-1)35-29-31-37(32-30-35)40-22-11-12-27-46(40)51(38-19-5-2-6-20-38)47-33-45-49-43(41-25-13-18-36-17-7-8-21-39(36)41)26-14-28-48(49)52-50(45)44-24-10-9-23-42(44)47/h1,3-5,7-33H,2,6H2. The summed E-state index contributed by atoms with van der Waals surface area (Å²) in [7, 11) is 0. The van der Waals surface area contributed by atoms with Crippen molar-refractivity contribution >= 4 is 54.9 Å². The van der Waals surface area contributed by atoms with Crippen LogP contribution in [0.3, 0.4) is 0 Å². The first-order valence-corrected chi connectivity index (χ1v) is 18.1. The quantitative estimate of drug-likeness (QED) is 0.176. The number of fused-ring (bicyclic) bond motifs is 6. The highest BCUT2D eigenvalue weighted by molar-refractivity contribution is 6.23. The Balaban J connectivity index is 1.23. The molecule has 52 heavy (non-hydrogen) atoms. The Morgan fingerprint density at radius 1 is 0.442 bits per heavy atom. The summed E-state index contributed by atoms with van der Waals surface area (Å²) in [5, 5.41) is 6.96. The Morgan fingerprint density at radius 3 is 1.94 bits per heavy atom. The molecule has 0 spiro atoms. The van der Waals surface area contributed by atoms with Crippen molar-refractivity contribution in [3.05, 3.63) is 194 Å². The molecule has 1 aromatic heterocycles. The van der Waals surface area contributed by atoms with E-state index >= 15 is 0 Å². The lowest BCUT2D eigenvalue weighted by atomic mass is 9.93. The molecule has 10 rings (SSSR count). The Kier molecular flexibility index (Phi) is 7.32. The molecule has 8 aromatic carbocycles. The summed E-state index contributed by atoms with van der Waals surface area (Å²) in [5.74, 6) is 0. The number of benzene rings is 8. The Bertz CT molecular complexity index is 2830. The minimum Gasteiger partial charge on any atom is -0.455 e. The summed E-state index contributed by atoms with van der Waals surface area (Å²) in [4.78, 5) is 2.47. The smallest absolute Gasteiger partial charge is 0.143 e. The Morgan fingerprint density at radius 2 is 1.10 bits per heavy atom. The number of rotatable bonds is 6. The van der Waals surface area contributed by atoms with Crippen molar-refractivity contribution < 1.29 is 4.42 Å². The van der Waals surface area contributed by atoms with Crippen molar-refractivity contribution in [3.8, 4) is 33.4 Å². The van der Waals surface area contributed by atoms with Gasteiger partial charge in [0, 0.05) is 32.8 Å². The SMILES string of the molecule is C1=CC(N(c2ccccc2-c2ccc(-c3ccccc3)cc2)c2cc3c(oc4cccc(-c5cccc6ccccc56)c43)c3ccccc23)=CCC1. The van der Waals surface area contributed by atoms with Crippen molar-refractivity contribution in [2.75, 3.05) is 4.90 Å². The number of nitrogens with zero attached hydrogens (tertiary/aromatic N) is 1. The molecule has 0 amide bonds. The van der Waals surface area contributed by atoms with Crippen LogP contribution in [-0.2, 0) is 0 Å². The summed E-state index contributed by atoms with van der Waals surface area (Å²) < 4.78 is 6.82. The molecule has 0 atom stereocenters. The first-order valence-electron chi connectivity index (χ1n) is 18.1. The molecular weight excluding hydrogens is 631 g/mol. The summed E-state index contributed by atoms with van der Waals surface area (Å²) in [5.41, 5.74) is 12.4. The van der Waals surface area contributed by atoms with Gasteiger partial charge in [0.1, 0.15) is 11.2 Å². The Hall–Kier alpha value is -6.64. The first-order chi connectivity index (χ1) is 25.8. The maximum atomic E-state index is 6.82. The number of allylic oxidation sites excluding steroid dienone is 3. The second-order valence-electron chi connectivity index (χ2n) is 13.5. The van der Waals surface area contributed by atoms with Crippen LogP contribution in [-0.4, -0.2) is 0 Å². The van der Waals surface area contributed by atoms with Crippen molar-refractivity contribution in [1.82, 2.24) is 0 Å². The average molecular weight is 666 g/mol. The summed E-state index contributed by atoms with van der Waals surface area (Å²) in [6, 6.07) is 61.2. The molecule has 1 heterocycles. The van der Waals surface area contributed by atoms with E-state index < -0.39 is 0 Å². The van der Waals surface area contributed by atoms with Gasteiger partial charge in [0.2, 0.25) is 0 Å². The highest BCUT2D eigenvalue weighted by Gasteiger charge is 2.24. The van der Waals surface area contributed by atoms with Gasteiger partial charge in [-0.05, 0) is 75.7 Å². The highest BCUT2D eigenvalue weighted by atomic mass is 16.3. The van der Waals surface area contributed by atoms with Gasteiger partial charge in [0.15, 0.2) is 0 Å². The second kappa shape index (κ2) is 12.6. The first kappa shape index (κ1) is 30.2. The molecule has 0 radical (unpaired) electrons. The van der Waals surface area contributed by atoms with Gasteiger partial charge in [-0.25, -0.2) is 0 Å². The normalized spacial score (nSPS) is 12.9. The lowest BCUT2D eigenvalue weighted by Gasteiger charge is -2.31. The molecule has 2 nitrogen and oxygen atoms in total. The van der Waals surface area contributed by atoms with Crippen LogP contribution in [0.4, 0.5) is 11.4 Å². The van der Waals surface area contributed by atoms with Crippen LogP contribution in [0.1, 0.15) is 12.8 Å². The number of furan rings is 1. The number of hydrogen-bond acceptors (Lipinski definition) is 2. The number of anilines is 2. The minimum atomic E-state index is 0.893. The molecule has 0 unspecified atom stereocenters. The summed E-state index contributed by atoms with van der Waals surface area (Å²) in [6.07, 6.45) is 9.00. The fourth-order valence-corrected chi connectivity index (χ4v) is 8.06. The fraction of sp³-hybridized carbons (Fsp3) is 0.0400. The van der Waals surface area contributed by atoms with Gasteiger partial charge >= 0.3 is 0 Å². The highest BCUT2D eigenvalue weighted by Crippen LogP contribution is 2.48. The molecule has 246 valence electrons. The lowest BCUT2D eigenvalue weighted by Crippen LogP contribution is -2.17. The zero-order valence-electron chi connectivity index (χ0n) is 28.7. The minimum absolute atomic E-state index is 0.893. The van der Waals surface area contributed by atoms with E-state index in [1.54, 1.807) is 0 Å². The predicted octanol–water partition coefficient (Wildman–Crippen LogP) is 14.3. The van der Waals surface area contributed by atoms with E-state index in [4.69, 9.17) is 4.42 Å². The van der Waals surface area contributed by atoms with Gasteiger partial charge in [-0.3, -0.25) is 0 Å². The van der Waals surface area contributed by atoms with Gasteiger partial charge in [0.25, 0.3) is 0 Å². The van der Waals surface area contributed by atoms with E-state index in [0.29, 0.717) is 0 Å². The predicted molar refractivity (Wildman–Crippen MR) is 220 cm³/mol. The summed E-state index contributed by atoms with van der Waals surface area (Å²) in [6.45, 7) is 0. The van der Waals surface area contributed by atoms with Crippen LogP contribution in [0.15, 0.2) is 198 Å². The number of para-hydroxylation sites is 1. The molecule has 0 aliphatic heterocycles. The fourth-order valence-electron chi connectivity index (χ4n) is 8.06. The topological polar surface area (TPSA) is 16.4 Å². The molecule has 1 aliphatic rings. The van der Waals surface area contributed by atoms with Crippen LogP contribution in [0.5, 0.6) is 0 Å². The summed E-state index contributed by atoms with van der Waals surface area (Å²) >= 11 is 0. The van der Waals surface area contributed by atoms with Crippen molar-refractivity contribution in [2.45, 2.75) is 12.8 Å². The maximum absolute atomic E-state index is 6.82. The van der Waals surface area contributed by atoms with Crippen LogP contribution < -0.4 is 4.90 Å². The van der Waals surface area contributed by atoms with E-state index in [0.717, 1.165) is 56.9 Å². The molecule has 0 saturated carbocycles. The molecule has 0 N–H and O–H groups in total. The monoisotopic (exact) mass is 665 g/mol. The number of hydrogen-bond donors (Lipinski definition) is 0. The zero-order valence-corrected chi connectivity index (χ0v) is 28.7. The van der Waals surface area contributed by atoms with Gasteiger partial charge in [-0.15, -0.1) is 0 Å². The third-order valence-corrected chi connectivity index (χ3v) is 10.5. The molecule has 1 aliphatic carbocycles. The van der Waals surface area contributed by atoms with E-state index in [-0.39, 0.29) is 0 Å². The van der Waals surface area contributed by atoms with E-state index in [1.807, 2.05) is 0 Å². The van der Waals surface area contributed by atoms with E-state index in [2.05, 4.69) is 193 Å². The van der Waals surface area contributed by atoms with Crippen molar-refractivity contribution in [3.63, 3.8) is 0 Å². The molecule has 9 aromatic rings. The van der Waals surface area contributed by atoms with Crippen molar-refractivity contribution in [2.24, 2.45) is 0 Å². The van der Waals surface area contributed by atoms with Gasteiger partial charge < -0.3 is 9.32 Å². The van der Waals surface area contributed by atoms with Crippen LogP contribution in [0.25, 0.3) is 76.9 Å². The third kappa shape index (κ3) is 5.03. The molecule has 2 heteroatoms. The van der Waals surface area contributed by atoms with E-state index in [9.17, 15) is 0 Å². The van der Waals surface area contributed by atoms with Gasteiger partial charge in [0.05, 0.1) is 11.4 Å². The van der Waals surface area contributed by atoms with E-state index in [1.165, 1.54) is 49.9 Å². The largest absolute Gasteiger partial charge is 0.455 e. The van der Waals surface area contributed by atoms with Crippen LogP contribution >= 0.6 is 0 Å². The Labute approximate surface area is 303 Å². The second-order valence-corrected chi connectivity index (χ2v) is 13.5. The third-order valence-electron chi connectivity index (χ3n) is 10.5. The zero-order chi connectivity index (χ0) is 34.4. The average Bonchev–Trinajstić information content (AvgIpc) is 3.61. The van der Waals surface area contributed by atoms with Gasteiger partial charge in [-0.2, -0.15) is 0 Å². The molecule has 0 fully saturated rings. The molecule has 0 saturated heterocycles.